The van der Waals surface area contributed by atoms with Crippen molar-refractivity contribution < 1.29 is 30.5 Å². The van der Waals surface area contributed by atoms with Crippen LogP contribution in [0.25, 0.3) is 5.57 Å². The number of para-hydroxylation sites is 2. The highest BCUT2D eigenvalue weighted by atomic mass is 32.2. The minimum atomic E-state index is -4.02. The van der Waals surface area contributed by atoms with Gasteiger partial charge in [-0.2, -0.15) is 21.4 Å². The Morgan fingerprint density at radius 2 is 1.38 bits per heavy atom. The summed E-state index contributed by atoms with van der Waals surface area (Å²) in [5, 5.41) is 0. The van der Waals surface area contributed by atoms with E-state index in [-0.39, 0.29) is 22.3 Å². The minimum absolute atomic E-state index is 0.261. The van der Waals surface area contributed by atoms with Crippen LogP contribution in [0.15, 0.2) is 103 Å². The van der Waals surface area contributed by atoms with Crippen LogP contribution >= 0.6 is 0 Å². The molecule has 0 amide bonds. The molecule has 0 radical (unpaired) electrons. The predicted molar refractivity (Wildman–Crippen MR) is 218 cm³/mol. The van der Waals surface area contributed by atoms with Gasteiger partial charge in [-0.3, -0.25) is 9.11 Å². The Morgan fingerprint density at radius 1 is 0.774 bits per heavy atom. The predicted octanol–water partition coefficient (Wildman–Crippen LogP) is 8.92. The van der Waals surface area contributed by atoms with Crippen LogP contribution in [-0.4, -0.2) is 60.8 Å². The van der Waals surface area contributed by atoms with Crippen LogP contribution in [0.1, 0.15) is 89.5 Å². The maximum Gasteiger partial charge on any atom is 0.264 e. The van der Waals surface area contributed by atoms with Crippen LogP contribution in [0.2, 0.25) is 0 Å². The number of fused-ring (bicyclic) bond motifs is 2. The summed E-state index contributed by atoms with van der Waals surface area (Å²) < 4.78 is 66.7. The van der Waals surface area contributed by atoms with E-state index in [2.05, 4.69) is 136 Å². The van der Waals surface area contributed by atoms with Crippen molar-refractivity contribution in [2.45, 2.75) is 84.5 Å². The fourth-order valence-corrected chi connectivity index (χ4v) is 8.90. The summed E-state index contributed by atoms with van der Waals surface area (Å²) in [5.74, 6) is 0.0214. The van der Waals surface area contributed by atoms with Crippen LogP contribution in [0.4, 0.5) is 11.4 Å². The van der Waals surface area contributed by atoms with Crippen molar-refractivity contribution in [1.82, 2.24) is 0 Å². The van der Waals surface area contributed by atoms with Gasteiger partial charge in [0.15, 0.2) is 5.71 Å². The number of allylic oxidation sites excluding steroid dienone is 6. The van der Waals surface area contributed by atoms with Gasteiger partial charge in [0.1, 0.15) is 6.54 Å². The molecule has 0 bridgehead atoms. The molecule has 0 saturated carbocycles. The summed E-state index contributed by atoms with van der Waals surface area (Å²) >= 11 is 0. The highest BCUT2D eigenvalue weighted by Gasteiger charge is 2.44. The summed E-state index contributed by atoms with van der Waals surface area (Å²) in [6.45, 7) is 14.5. The number of nitrogens with zero attached hydrogens (tertiary/aromatic N) is 2. The standard InChI is InChI=1S/C43H54N2O6S2/c1-32(2)31-33-19-21-34(22-20-33)35(23-25-40-42(3,4)36-15-7-9-17-38(36)44(40)27-11-13-29-52(46,47)48)24-26-41-43(5,6)37-16-8-10-18-39(37)45(41)28-12-14-30-53(49,50)51/h7-10,15-26,32H,11-14,27-31H2,1-6H3,(H-,46,47,48,49,50,51)/p+1. The van der Waals surface area contributed by atoms with Crippen molar-refractivity contribution in [2.24, 2.45) is 5.92 Å². The molecule has 2 aliphatic rings. The number of hydrogen-bond donors (Lipinski definition) is 2. The van der Waals surface area contributed by atoms with E-state index in [1.165, 1.54) is 16.7 Å². The van der Waals surface area contributed by atoms with Gasteiger partial charge in [0.2, 0.25) is 5.69 Å². The van der Waals surface area contributed by atoms with E-state index < -0.39 is 20.2 Å². The largest absolute Gasteiger partial charge is 0.344 e. The van der Waals surface area contributed by atoms with Crippen LogP contribution in [0.5, 0.6) is 0 Å². The zero-order chi connectivity index (χ0) is 38.6. The molecule has 5 rings (SSSR count). The van der Waals surface area contributed by atoms with Gasteiger partial charge >= 0.3 is 0 Å². The van der Waals surface area contributed by atoms with Gasteiger partial charge in [0.05, 0.1) is 16.9 Å². The zero-order valence-electron chi connectivity index (χ0n) is 31.9. The van der Waals surface area contributed by atoms with E-state index >= 15 is 0 Å². The van der Waals surface area contributed by atoms with E-state index in [1.54, 1.807) is 0 Å². The minimum Gasteiger partial charge on any atom is -0.344 e. The second-order valence-corrected chi connectivity index (χ2v) is 18.9. The summed E-state index contributed by atoms with van der Waals surface area (Å²) in [6, 6.07) is 25.4. The molecule has 2 N–H and O–H groups in total. The third-order valence-electron chi connectivity index (χ3n) is 10.4. The molecule has 0 spiro atoms. The number of rotatable bonds is 16. The van der Waals surface area contributed by atoms with Crippen molar-refractivity contribution in [3.63, 3.8) is 0 Å². The summed E-state index contributed by atoms with van der Waals surface area (Å²) in [7, 11) is -8.05. The Kier molecular flexibility index (Phi) is 12.4. The van der Waals surface area contributed by atoms with Crippen molar-refractivity contribution in [3.8, 4) is 0 Å². The first-order valence-electron chi connectivity index (χ1n) is 18.6. The molecule has 10 heteroatoms. The third kappa shape index (κ3) is 9.84. The van der Waals surface area contributed by atoms with Gasteiger partial charge in [-0.25, -0.2) is 0 Å². The van der Waals surface area contributed by atoms with Crippen molar-refractivity contribution >= 4 is 42.9 Å². The van der Waals surface area contributed by atoms with Crippen molar-refractivity contribution in [3.05, 3.63) is 125 Å². The number of hydrogen-bond acceptors (Lipinski definition) is 5. The first kappa shape index (κ1) is 40.4. The molecule has 8 nitrogen and oxygen atoms in total. The molecule has 0 aliphatic carbocycles. The number of anilines is 1. The van der Waals surface area contributed by atoms with Crippen LogP contribution in [-0.2, 0) is 37.5 Å². The first-order chi connectivity index (χ1) is 24.9. The quantitative estimate of drug-likeness (QED) is 0.0649. The second kappa shape index (κ2) is 16.3. The summed E-state index contributed by atoms with van der Waals surface area (Å²) in [5.41, 5.74) is 9.59. The Bertz CT molecular complexity index is 2140. The first-order valence-corrected chi connectivity index (χ1v) is 21.8. The molecular formula is C43H55N2O6S2+. The second-order valence-electron chi connectivity index (χ2n) is 15.8. The molecule has 284 valence electrons. The Balaban J connectivity index is 1.58. The van der Waals surface area contributed by atoms with E-state index in [9.17, 15) is 25.9 Å². The van der Waals surface area contributed by atoms with Gasteiger partial charge in [0.25, 0.3) is 20.2 Å². The fraction of sp³-hybridized carbons (Fsp3) is 0.419. The van der Waals surface area contributed by atoms with Crippen molar-refractivity contribution in [2.75, 3.05) is 29.5 Å². The highest BCUT2D eigenvalue weighted by molar-refractivity contribution is 7.86. The molecule has 2 heterocycles. The fourth-order valence-electron chi connectivity index (χ4n) is 7.76. The smallest absolute Gasteiger partial charge is 0.264 e. The number of unbranched alkanes of at least 4 members (excludes halogenated alkanes) is 2. The lowest BCUT2D eigenvalue weighted by molar-refractivity contribution is -0.438. The maximum atomic E-state index is 11.4. The van der Waals surface area contributed by atoms with Gasteiger partial charge in [0, 0.05) is 47.5 Å². The molecule has 2 aliphatic heterocycles. The Labute approximate surface area is 317 Å². The lowest BCUT2D eigenvalue weighted by Gasteiger charge is -2.27. The molecule has 0 aromatic heterocycles. The monoisotopic (exact) mass is 759 g/mol. The molecule has 53 heavy (non-hydrogen) atoms. The molecule has 0 atom stereocenters. The van der Waals surface area contributed by atoms with Crippen LogP contribution in [0, 0.1) is 5.92 Å². The average molecular weight is 760 g/mol. The molecule has 3 aromatic rings. The van der Waals surface area contributed by atoms with Gasteiger partial charge in [-0.05, 0) is 85.9 Å². The molecule has 0 saturated heterocycles. The van der Waals surface area contributed by atoms with E-state index in [0.717, 1.165) is 40.3 Å². The molecule has 0 fully saturated rings. The Morgan fingerprint density at radius 3 is 2.02 bits per heavy atom. The summed E-state index contributed by atoms with van der Waals surface area (Å²) in [4.78, 5) is 2.28. The average Bonchev–Trinajstić information content (AvgIpc) is 3.43. The molecule has 0 unspecified atom stereocenters. The number of benzene rings is 3. The third-order valence-corrected chi connectivity index (χ3v) is 12.0. The lowest BCUT2D eigenvalue weighted by Crippen LogP contribution is -2.28. The van der Waals surface area contributed by atoms with Gasteiger partial charge in [-0.15, -0.1) is 0 Å². The van der Waals surface area contributed by atoms with E-state index in [1.807, 2.05) is 12.1 Å². The highest BCUT2D eigenvalue weighted by Crippen LogP contribution is 2.48. The van der Waals surface area contributed by atoms with Gasteiger partial charge < -0.3 is 4.90 Å². The van der Waals surface area contributed by atoms with Crippen LogP contribution < -0.4 is 4.90 Å². The van der Waals surface area contributed by atoms with Gasteiger partial charge in [-0.1, -0.05) is 94.4 Å². The lowest BCUT2D eigenvalue weighted by atomic mass is 9.81. The molecular weight excluding hydrogens is 705 g/mol. The topological polar surface area (TPSA) is 115 Å². The van der Waals surface area contributed by atoms with Crippen molar-refractivity contribution in [1.29, 1.82) is 0 Å². The molecule has 3 aromatic carbocycles. The van der Waals surface area contributed by atoms with Crippen LogP contribution in [0.3, 0.4) is 0 Å². The van der Waals surface area contributed by atoms with E-state index in [0.29, 0.717) is 44.7 Å². The normalized spacial score (nSPS) is 17.7. The maximum absolute atomic E-state index is 11.4. The Hall–Kier alpha value is -3.83. The SMILES string of the molecule is CC(C)Cc1ccc(C(=C\C=C2\N(CCCCS(=O)(=O)O)c3ccccc3C2(C)C)/C=C/C2=[N+](CCCCS(=O)(=O)O)c3ccccc3C2(C)C)cc1. The zero-order valence-corrected chi connectivity index (χ0v) is 33.6. The van der Waals surface area contributed by atoms with E-state index in [4.69, 9.17) is 0 Å². The summed E-state index contributed by atoms with van der Waals surface area (Å²) in [6.07, 6.45) is 11.7.